The van der Waals surface area contributed by atoms with E-state index in [-0.39, 0.29) is 34.5 Å². The maximum absolute atomic E-state index is 12.5. The van der Waals surface area contributed by atoms with Crippen molar-refractivity contribution in [2.24, 2.45) is 10.9 Å². The number of hydrogen-bond donors (Lipinski definition) is 0. The average molecular weight is 435 g/mol. The fourth-order valence-corrected chi connectivity index (χ4v) is 8.44. The van der Waals surface area contributed by atoms with Crippen molar-refractivity contribution >= 4 is 44.1 Å². The molecule has 8 heteroatoms. The summed E-state index contributed by atoms with van der Waals surface area (Å²) in [5.74, 6) is 0.654. The number of amidine groups is 1. The SMILES string of the molecule is CC(=O)c1ccc(N2C(=NC(=O)CCC3CCCC3)S[C@H]3CS(=O)(=O)C[C@H]32)cc1. The van der Waals surface area contributed by atoms with Gasteiger partial charge in [-0.3, -0.25) is 9.59 Å². The predicted octanol–water partition coefficient (Wildman–Crippen LogP) is 3.46. The fourth-order valence-electron chi connectivity index (χ4n) is 4.51. The number of benzene rings is 1. The Morgan fingerprint density at radius 2 is 1.83 bits per heavy atom. The zero-order chi connectivity index (χ0) is 20.6. The van der Waals surface area contributed by atoms with Gasteiger partial charge in [-0.2, -0.15) is 4.99 Å². The molecule has 0 spiro atoms. The second-order valence-corrected chi connectivity index (χ2v) is 11.6. The lowest BCUT2D eigenvalue weighted by Gasteiger charge is -2.24. The molecule has 1 saturated carbocycles. The maximum atomic E-state index is 12.5. The van der Waals surface area contributed by atoms with Crippen molar-refractivity contribution in [3.05, 3.63) is 29.8 Å². The van der Waals surface area contributed by atoms with Gasteiger partial charge in [-0.25, -0.2) is 8.42 Å². The molecule has 4 rings (SSSR count). The Balaban J connectivity index is 1.56. The van der Waals surface area contributed by atoms with E-state index in [1.165, 1.54) is 44.4 Å². The predicted molar refractivity (Wildman–Crippen MR) is 116 cm³/mol. The zero-order valence-corrected chi connectivity index (χ0v) is 18.2. The van der Waals surface area contributed by atoms with Gasteiger partial charge >= 0.3 is 0 Å². The quantitative estimate of drug-likeness (QED) is 0.660. The Morgan fingerprint density at radius 1 is 1.14 bits per heavy atom. The molecule has 2 atom stereocenters. The number of carbonyl (C=O) groups is 2. The van der Waals surface area contributed by atoms with E-state index in [1.807, 2.05) is 17.0 Å². The van der Waals surface area contributed by atoms with Gasteiger partial charge in [0.1, 0.15) is 0 Å². The number of rotatable bonds is 5. The first-order chi connectivity index (χ1) is 13.8. The van der Waals surface area contributed by atoms with E-state index in [1.54, 1.807) is 12.1 Å². The highest BCUT2D eigenvalue weighted by molar-refractivity contribution is 8.16. The first-order valence-electron chi connectivity index (χ1n) is 10.2. The summed E-state index contributed by atoms with van der Waals surface area (Å²) >= 11 is 1.39. The van der Waals surface area contributed by atoms with Crippen LogP contribution < -0.4 is 4.90 Å². The lowest BCUT2D eigenvalue weighted by atomic mass is 10.0. The molecular formula is C21H26N2O4S2. The Hall–Kier alpha value is -1.67. The number of nitrogens with zero attached hydrogens (tertiary/aromatic N) is 2. The van der Waals surface area contributed by atoms with Crippen molar-refractivity contribution in [1.82, 2.24) is 0 Å². The van der Waals surface area contributed by atoms with Crippen molar-refractivity contribution in [1.29, 1.82) is 0 Å². The molecule has 0 unspecified atom stereocenters. The molecule has 1 aliphatic carbocycles. The van der Waals surface area contributed by atoms with E-state index in [2.05, 4.69) is 4.99 Å². The summed E-state index contributed by atoms with van der Waals surface area (Å²) in [5, 5.41) is 0.468. The summed E-state index contributed by atoms with van der Waals surface area (Å²) in [6.07, 6.45) is 6.24. The summed E-state index contributed by atoms with van der Waals surface area (Å²) in [5.41, 5.74) is 1.37. The minimum Gasteiger partial charge on any atom is -0.316 e. The van der Waals surface area contributed by atoms with Crippen LogP contribution >= 0.6 is 11.8 Å². The van der Waals surface area contributed by atoms with Crippen LogP contribution in [0.25, 0.3) is 0 Å². The Kier molecular flexibility index (Phi) is 5.84. The van der Waals surface area contributed by atoms with Crippen LogP contribution in [0.4, 0.5) is 5.69 Å². The van der Waals surface area contributed by atoms with Gasteiger partial charge in [-0.15, -0.1) is 0 Å². The van der Waals surface area contributed by atoms with Crippen molar-refractivity contribution in [2.45, 2.75) is 56.7 Å². The number of ketones is 1. The Bertz CT molecular complexity index is 934. The number of Topliss-reactive ketones (excluding diaryl/α,β-unsaturated/α-hetero) is 1. The van der Waals surface area contributed by atoms with Crippen LogP contribution in [0.3, 0.4) is 0 Å². The molecule has 156 valence electrons. The molecular weight excluding hydrogens is 408 g/mol. The lowest BCUT2D eigenvalue weighted by Crippen LogP contribution is -2.37. The lowest BCUT2D eigenvalue weighted by molar-refractivity contribution is -0.118. The zero-order valence-electron chi connectivity index (χ0n) is 16.5. The van der Waals surface area contributed by atoms with Gasteiger partial charge in [-0.05, 0) is 43.5 Å². The monoisotopic (exact) mass is 434 g/mol. The molecule has 2 heterocycles. The van der Waals surface area contributed by atoms with Gasteiger partial charge in [0, 0.05) is 22.9 Å². The molecule has 6 nitrogen and oxygen atoms in total. The smallest absolute Gasteiger partial charge is 0.248 e. The topological polar surface area (TPSA) is 83.9 Å². The van der Waals surface area contributed by atoms with E-state index in [0.717, 1.165) is 12.1 Å². The number of aliphatic imine (C=N–C) groups is 1. The summed E-state index contributed by atoms with van der Waals surface area (Å²) in [7, 11) is -3.10. The minimum absolute atomic E-state index is 0.0235. The van der Waals surface area contributed by atoms with Gasteiger partial charge in [-0.1, -0.05) is 37.4 Å². The van der Waals surface area contributed by atoms with E-state index in [0.29, 0.717) is 23.1 Å². The van der Waals surface area contributed by atoms with Crippen LogP contribution in [0.15, 0.2) is 29.3 Å². The van der Waals surface area contributed by atoms with Gasteiger partial charge in [0.2, 0.25) is 5.91 Å². The minimum atomic E-state index is -3.10. The highest BCUT2D eigenvalue weighted by Crippen LogP contribution is 2.41. The average Bonchev–Trinajstić information content (AvgIpc) is 3.34. The molecule has 3 aliphatic rings. The van der Waals surface area contributed by atoms with Gasteiger partial charge in [0.05, 0.1) is 17.5 Å². The van der Waals surface area contributed by atoms with E-state index >= 15 is 0 Å². The molecule has 1 aromatic rings. The molecule has 29 heavy (non-hydrogen) atoms. The summed E-state index contributed by atoms with van der Waals surface area (Å²) in [4.78, 5) is 30.4. The van der Waals surface area contributed by atoms with Crippen molar-refractivity contribution < 1.29 is 18.0 Å². The fraction of sp³-hybridized carbons (Fsp3) is 0.571. The third kappa shape index (κ3) is 4.58. The van der Waals surface area contributed by atoms with Crippen LogP contribution in [0, 0.1) is 5.92 Å². The van der Waals surface area contributed by atoms with E-state index in [4.69, 9.17) is 0 Å². The largest absolute Gasteiger partial charge is 0.316 e. The number of carbonyl (C=O) groups excluding carboxylic acids is 2. The number of hydrogen-bond acceptors (Lipinski definition) is 5. The highest BCUT2D eigenvalue weighted by Gasteiger charge is 2.49. The second kappa shape index (κ2) is 8.22. The first kappa shape index (κ1) is 20.6. The van der Waals surface area contributed by atoms with Crippen LogP contribution in [0.1, 0.15) is 55.8 Å². The first-order valence-corrected chi connectivity index (χ1v) is 12.9. The molecule has 2 saturated heterocycles. The molecule has 0 radical (unpaired) electrons. The molecule has 0 bridgehead atoms. The third-order valence-electron chi connectivity index (χ3n) is 6.08. The number of amides is 1. The van der Waals surface area contributed by atoms with Crippen molar-refractivity contribution in [3.8, 4) is 0 Å². The maximum Gasteiger partial charge on any atom is 0.248 e. The summed E-state index contributed by atoms with van der Waals surface area (Å²) in [6.45, 7) is 1.51. The summed E-state index contributed by atoms with van der Waals surface area (Å²) in [6, 6.07) is 6.86. The van der Waals surface area contributed by atoms with Crippen molar-refractivity contribution in [2.75, 3.05) is 16.4 Å². The molecule has 0 aromatic heterocycles. The van der Waals surface area contributed by atoms with Crippen molar-refractivity contribution in [3.63, 3.8) is 0 Å². The Morgan fingerprint density at radius 3 is 2.48 bits per heavy atom. The number of fused-ring (bicyclic) bond motifs is 1. The highest BCUT2D eigenvalue weighted by atomic mass is 32.2. The third-order valence-corrected chi connectivity index (χ3v) is 9.29. The molecule has 2 aliphatic heterocycles. The van der Waals surface area contributed by atoms with Gasteiger partial charge in [0.25, 0.3) is 0 Å². The van der Waals surface area contributed by atoms with Crippen LogP contribution in [-0.4, -0.2) is 48.1 Å². The number of sulfone groups is 1. The second-order valence-electron chi connectivity index (χ2n) is 8.25. The van der Waals surface area contributed by atoms with E-state index < -0.39 is 9.84 Å². The standard InChI is InChI=1S/C21H26N2O4S2/c1-14(24)16-7-9-17(10-8-16)23-18-12-29(26,27)13-19(18)28-21(23)22-20(25)11-6-15-4-2-3-5-15/h7-10,15,18-19H,2-6,11-13H2,1H3/t18-,19+/m1/s1. The van der Waals surface area contributed by atoms with Gasteiger partial charge in [0.15, 0.2) is 20.8 Å². The molecule has 0 N–H and O–H groups in total. The number of anilines is 1. The van der Waals surface area contributed by atoms with Gasteiger partial charge < -0.3 is 4.90 Å². The van der Waals surface area contributed by atoms with Crippen LogP contribution in [0.2, 0.25) is 0 Å². The van der Waals surface area contributed by atoms with E-state index in [9.17, 15) is 18.0 Å². The molecule has 1 amide bonds. The molecule has 3 fully saturated rings. The molecule has 1 aromatic carbocycles. The number of thioether (sulfide) groups is 1. The Labute approximate surface area is 176 Å². The normalized spacial score (nSPS) is 27.5. The summed E-state index contributed by atoms with van der Waals surface area (Å²) < 4.78 is 24.3. The van der Waals surface area contributed by atoms with Crippen LogP contribution in [-0.2, 0) is 14.6 Å². The van der Waals surface area contributed by atoms with Crippen LogP contribution in [0.5, 0.6) is 0 Å².